The normalized spacial score (nSPS) is 21.0. The molecule has 2 fully saturated rings. The Hall–Kier alpha value is -2.42. The van der Waals surface area contributed by atoms with Gasteiger partial charge in [-0.25, -0.2) is 0 Å². The second-order valence-electron chi connectivity index (χ2n) is 11.5. The number of halogens is 3. The van der Waals surface area contributed by atoms with Gasteiger partial charge in [0.25, 0.3) is 9.70 Å². The number of nitrogens with zero attached hydrogens (tertiary/aromatic N) is 1. The van der Waals surface area contributed by atoms with Crippen molar-refractivity contribution in [2.75, 3.05) is 13.1 Å². The first-order chi connectivity index (χ1) is 21.2. The zero-order valence-corrected chi connectivity index (χ0v) is 26.9. The molecule has 1 heterocycles. The van der Waals surface area contributed by atoms with Gasteiger partial charge in [0.1, 0.15) is 0 Å². The molecular weight excluding hydrogens is 619 g/mol. The molecule has 1 saturated heterocycles. The lowest BCUT2D eigenvalue weighted by Crippen LogP contribution is -2.43. The monoisotopic (exact) mass is 656 g/mol. The molecule has 234 valence electrons. The lowest BCUT2D eigenvalue weighted by atomic mass is 9.98. The van der Waals surface area contributed by atoms with Crippen LogP contribution >= 0.6 is 34.8 Å². The van der Waals surface area contributed by atoms with Crippen molar-refractivity contribution in [1.82, 2.24) is 10.2 Å². The third kappa shape index (κ3) is 8.64. The molecule has 0 spiro atoms. The largest absolute Gasteiger partial charge is 0.392 e. The summed E-state index contributed by atoms with van der Waals surface area (Å²) in [5.74, 6) is -0.670. The molecule has 1 amide bonds. The third-order valence-corrected chi connectivity index (χ3v) is 8.90. The quantitative estimate of drug-likeness (QED) is 0.163. The molecule has 2 aliphatic rings. The van der Waals surface area contributed by atoms with Crippen LogP contribution < -0.4 is 5.32 Å². The average Bonchev–Trinajstić information content (AvgIpc) is 3.58. The number of nitrogens with one attached hydrogen (secondary N) is 1. The van der Waals surface area contributed by atoms with Gasteiger partial charge in [0.2, 0.25) is 0 Å². The molecule has 1 saturated carbocycles. The van der Waals surface area contributed by atoms with Gasteiger partial charge in [-0.3, -0.25) is 9.69 Å². The number of rotatable bonds is 11. The Labute approximate surface area is 274 Å². The van der Waals surface area contributed by atoms with Gasteiger partial charge in [-0.1, -0.05) is 114 Å². The number of aliphatic hydroxyl groups is 1. The topological polar surface area (TPSA) is 71.0 Å². The van der Waals surface area contributed by atoms with Gasteiger partial charge >= 0.3 is 0 Å². The summed E-state index contributed by atoms with van der Waals surface area (Å²) in [7, 11) is 0. The highest BCUT2D eigenvalue weighted by Crippen LogP contribution is 2.39. The maximum atomic E-state index is 12.0. The molecule has 1 aliphatic carbocycles. The number of amides is 1. The summed E-state index contributed by atoms with van der Waals surface area (Å²) in [6, 6.07) is 24.6. The van der Waals surface area contributed by atoms with Crippen molar-refractivity contribution in [3.05, 3.63) is 108 Å². The number of alkyl halides is 3. The lowest BCUT2D eigenvalue weighted by Gasteiger charge is -2.39. The maximum Gasteiger partial charge on any atom is 0.272 e. The number of benzene rings is 3. The van der Waals surface area contributed by atoms with Crippen LogP contribution in [0.3, 0.4) is 0 Å². The summed E-state index contributed by atoms with van der Waals surface area (Å²) in [6.45, 7) is 5.90. The molecule has 0 radical (unpaired) electrons. The van der Waals surface area contributed by atoms with Gasteiger partial charge in [-0.2, -0.15) is 0 Å². The molecule has 9 heteroatoms. The number of carbonyl (C=O) groups excluding carboxylic acids is 1. The molecule has 2 N–H and O–H groups in total. The molecule has 0 unspecified atom stereocenters. The van der Waals surface area contributed by atoms with Gasteiger partial charge < -0.3 is 19.9 Å². The predicted molar refractivity (Wildman–Crippen MR) is 176 cm³/mol. The number of ether oxygens (including phenoxy) is 2. The van der Waals surface area contributed by atoms with Crippen LogP contribution in [0.15, 0.2) is 85.5 Å². The van der Waals surface area contributed by atoms with E-state index in [4.69, 9.17) is 44.3 Å². The first-order valence-corrected chi connectivity index (χ1v) is 16.3. The summed E-state index contributed by atoms with van der Waals surface area (Å²) in [4.78, 5) is 14.5. The Kier molecular flexibility index (Phi) is 11.4. The number of hydrogen-bond donors (Lipinski definition) is 2. The zero-order chi connectivity index (χ0) is 31.1. The van der Waals surface area contributed by atoms with E-state index in [2.05, 4.69) is 22.9 Å². The fourth-order valence-electron chi connectivity index (χ4n) is 6.11. The highest BCUT2D eigenvalue weighted by atomic mass is 35.6. The molecule has 3 atom stereocenters. The van der Waals surface area contributed by atoms with Crippen LogP contribution in [0.4, 0.5) is 0 Å². The first-order valence-electron chi connectivity index (χ1n) is 15.1. The van der Waals surface area contributed by atoms with Crippen LogP contribution in [0.1, 0.15) is 66.8 Å². The van der Waals surface area contributed by atoms with Crippen molar-refractivity contribution in [3.63, 3.8) is 0 Å². The van der Waals surface area contributed by atoms with Gasteiger partial charge in [0.15, 0.2) is 6.29 Å². The molecule has 44 heavy (non-hydrogen) atoms. The van der Waals surface area contributed by atoms with E-state index in [9.17, 15) is 9.90 Å². The van der Waals surface area contributed by atoms with Crippen LogP contribution in [0.2, 0.25) is 0 Å². The minimum atomic E-state index is -2.01. The highest BCUT2D eigenvalue weighted by Gasteiger charge is 2.35. The third-order valence-electron chi connectivity index (χ3n) is 8.39. The summed E-state index contributed by atoms with van der Waals surface area (Å²) >= 11 is 17.1. The van der Waals surface area contributed by atoms with Gasteiger partial charge in [0, 0.05) is 37.7 Å². The van der Waals surface area contributed by atoms with E-state index < -0.39 is 16.0 Å². The molecular formula is C35H39Cl3N2O4. The smallest absolute Gasteiger partial charge is 0.272 e. The highest BCUT2D eigenvalue weighted by molar-refractivity contribution is 6.76. The van der Waals surface area contributed by atoms with E-state index in [0.29, 0.717) is 6.04 Å². The second kappa shape index (κ2) is 15.2. The van der Waals surface area contributed by atoms with Crippen molar-refractivity contribution in [2.24, 2.45) is 0 Å². The Morgan fingerprint density at radius 2 is 1.66 bits per heavy atom. The van der Waals surface area contributed by atoms with Crippen molar-refractivity contribution >= 4 is 40.7 Å². The van der Waals surface area contributed by atoms with E-state index in [-0.39, 0.29) is 25.4 Å². The van der Waals surface area contributed by atoms with Gasteiger partial charge in [-0.15, -0.1) is 6.58 Å². The fourth-order valence-corrected chi connectivity index (χ4v) is 6.31. The minimum Gasteiger partial charge on any atom is -0.392 e. The Morgan fingerprint density at radius 3 is 2.34 bits per heavy atom. The fraction of sp³-hybridized carbons (Fsp3) is 0.400. The molecule has 0 aromatic heterocycles. The van der Waals surface area contributed by atoms with E-state index in [1.165, 1.54) is 25.7 Å². The minimum absolute atomic E-state index is 0.00529. The van der Waals surface area contributed by atoms with Gasteiger partial charge in [0.05, 0.1) is 18.8 Å². The molecule has 3 aromatic rings. The van der Waals surface area contributed by atoms with Crippen molar-refractivity contribution in [3.8, 4) is 11.1 Å². The molecule has 1 aliphatic heterocycles. The SMILES string of the molecule is C=CCN(C[C@@H]1C[C@H](c2ccc(CO)cc2)O[C@H](c2cccc(-c3cccc(CNC(=O)C(Cl)(Cl)Cl)c3)c2)O1)C1CCCC1. The van der Waals surface area contributed by atoms with Crippen LogP contribution in [-0.4, -0.2) is 44.9 Å². The van der Waals surface area contributed by atoms with E-state index in [1.807, 2.05) is 72.8 Å². The molecule has 0 bridgehead atoms. The van der Waals surface area contributed by atoms with Crippen molar-refractivity contribution in [1.29, 1.82) is 0 Å². The van der Waals surface area contributed by atoms with Crippen LogP contribution in [-0.2, 0) is 27.4 Å². The number of aliphatic hydroxyl groups excluding tert-OH is 1. The summed E-state index contributed by atoms with van der Waals surface area (Å²) < 4.78 is 11.3. The van der Waals surface area contributed by atoms with Crippen LogP contribution in [0, 0.1) is 0 Å². The average molecular weight is 658 g/mol. The second-order valence-corrected chi connectivity index (χ2v) is 13.8. The summed E-state index contributed by atoms with van der Waals surface area (Å²) in [5, 5.41) is 12.2. The summed E-state index contributed by atoms with van der Waals surface area (Å²) in [5.41, 5.74) is 5.71. The van der Waals surface area contributed by atoms with Crippen molar-refractivity contribution in [2.45, 2.75) is 73.6 Å². The predicted octanol–water partition coefficient (Wildman–Crippen LogP) is 7.81. The van der Waals surface area contributed by atoms with Crippen LogP contribution in [0.5, 0.6) is 0 Å². The Bertz CT molecular complexity index is 1410. The summed E-state index contributed by atoms with van der Waals surface area (Å²) in [6.07, 6.45) is 6.92. The number of carbonyl (C=O) groups is 1. The molecule has 5 rings (SSSR count). The van der Waals surface area contributed by atoms with E-state index in [1.54, 1.807) is 0 Å². The standard InChI is InChI=1S/C35H39Cl3N2O4/c1-2-17-40(30-11-3-4-12-30)22-31-20-32(26-15-13-24(23-41)14-16-26)44-33(43-31)29-10-6-9-28(19-29)27-8-5-7-25(18-27)21-39-34(42)35(36,37)38/h2,5-10,13-16,18-19,30-33,41H,1,3-4,11-12,17,20-23H2,(H,39,42)/t31-,32+,33+/m0/s1. The first kappa shape index (κ1) is 33.0. The Balaban J connectivity index is 1.38. The Morgan fingerprint density at radius 1 is 0.955 bits per heavy atom. The maximum absolute atomic E-state index is 12.0. The van der Waals surface area contributed by atoms with E-state index >= 15 is 0 Å². The van der Waals surface area contributed by atoms with E-state index in [0.717, 1.165) is 52.9 Å². The van der Waals surface area contributed by atoms with Crippen LogP contribution in [0.25, 0.3) is 11.1 Å². The molecule has 6 nitrogen and oxygen atoms in total. The molecule has 3 aromatic carbocycles. The zero-order valence-electron chi connectivity index (χ0n) is 24.6. The van der Waals surface area contributed by atoms with Crippen molar-refractivity contribution < 1.29 is 19.4 Å². The lowest BCUT2D eigenvalue weighted by molar-refractivity contribution is -0.253. The number of hydrogen-bond acceptors (Lipinski definition) is 5. The van der Waals surface area contributed by atoms with Gasteiger partial charge in [-0.05, 0) is 52.8 Å².